The fraction of sp³-hybridized carbons (Fsp3) is 0.381. The number of benzene rings is 2. The minimum absolute atomic E-state index is 0.0109. The predicted octanol–water partition coefficient (Wildman–Crippen LogP) is 4.95. The molecule has 3 rings (SSSR count). The summed E-state index contributed by atoms with van der Waals surface area (Å²) >= 11 is 0. The highest BCUT2D eigenvalue weighted by atomic mass is 16.5. The number of carboxylic acids is 1. The second-order valence-electron chi connectivity index (χ2n) is 7.65. The summed E-state index contributed by atoms with van der Waals surface area (Å²) in [6.07, 6.45) is 0. The number of carbonyl (C=O) groups is 1. The van der Waals surface area contributed by atoms with E-state index in [9.17, 15) is 4.79 Å². The number of carboxylic acid groups (broad SMARTS) is 1. The van der Waals surface area contributed by atoms with Crippen molar-refractivity contribution in [1.29, 1.82) is 0 Å². The van der Waals surface area contributed by atoms with Crippen molar-refractivity contribution in [2.75, 3.05) is 18.6 Å². The first-order valence-electron chi connectivity index (χ1n) is 8.59. The van der Waals surface area contributed by atoms with Gasteiger partial charge in [-0.15, -0.1) is 0 Å². The lowest BCUT2D eigenvalue weighted by Crippen LogP contribution is -2.19. The van der Waals surface area contributed by atoms with E-state index in [0.29, 0.717) is 18.1 Å². The van der Waals surface area contributed by atoms with E-state index in [2.05, 4.69) is 44.7 Å². The Morgan fingerprint density at radius 1 is 1.16 bits per heavy atom. The zero-order valence-electron chi connectivity index (χ0n) is 15.5. The third-order valence-corrected chi connectivity index (χ3v) is 4.92. The fourth-order valence-corrected chi connectivity index (χ4v) is 3.23. The molecule has 0 saturated heterocycles. The van der Waals surface area contributed by atoms with Gasteiger partial charge in [-0.2, -0.15) is 0 Å². The molecule has 0 aromatic heterocycles. The second kappa shape index (κ2) is 6.10. The maximum atomic E-state index is 11.0. The summed E-state index contributed by atoms with van der Waals surface area (Å²) in [6.45, 7) is 9.46. The van der Waals surface area contributed by atoms with Crippen LogP contribution in [0.15, 0.2) is 36.4 Å². The molecular weight excluding hydrogens is 314 g/mol. The van der Waals surface area contributed by atoms with E-state index >= 15 is 0 Å². The highest BCUT2D eigenvalue weighted by Gasteiger charge is 2.34. The van der Waals surface area contributed by atoms with E-state index in [0.717, 1.165) is 17.1 Å². The van der Waals surface area contributed by atoms with Gasteiger partial charge in [0.2, 0.25) is 0 Å². The standard InChI is InChI=1S/C21H25NO3/c1-13(2)17-10-16(11-18-19(17)25-12-21(18,3)4)22(5)15-8-6-14(7-9-15)20(23)24/h6-11,13H,12H2,1-5H3,(H,23,24). The Balaban J connectivity index is 2.05. The second-order valence-corrected chi connectivity index (χ2v) is 7.65. The lowest BCUT2D eigenvalue weighted by Gasteiger charge is -2.24. The minimum Gasteiger partial charge on any atom is -0.492 e. The molecule has 0 atom stereocenters. The first-order chi connectivity index (χ1) is 11.7. The topological polar surface area (TPSA) is 49.8 Å². The summed E-state index contributed by atoms with van der Waals surface area (Å²) in [6, 6.07) is 11.3. The molecule has 0 bridgehead atoms. The highest BCUT2D eigenvalue weighted by molar-refractivity contribution is 5.88. The Morgan fingerprint density at radius 3 is 2.36 bits per heavy atom. The minimum atomic E-state index is -0.910. The van der Waals surface area contributed by atoms with Crippen molar-refractivity contribution in [3.63, 3.8) is 0 Å². The molecule has 0 aliphatic carbocycles. The average Bonchev–Trinajstić information content (AvgIpc) is 2.88. The molecule has 1 aliphatic heterocycles. The summed E-state index contributed by atoms with van der Waals surface area (Å²) in [5, 5.41) is 9.06. The Hall–Kier alpha value is -2.49. The van der Waals surface area contributed by atoms with Crippen LogP contribution >= 0.6 is 0 Å². The number of anilines is 2. The lowest BCUT2D eigenvalue weighted by molar-refractivity contribution is 0.0697. The summed E-state index contributed by atoms with van der Waals surface area (Å²) in [5.74, 6) is 0.483. The van der Waals surface area contributed by atoms with Crippen LogP contribution in [0.4, 0.5) is 11.4 Å². The van der Waals surface area contributed by atoms with Gasteiger partial charge in [0.1, 0.15) is 5.75 Å². The summed E-state index contributed by atoms with van der Waals surface area (Å²) in [5.41, 5.74) is 4.78. The number of hydrogen-bond acceptors (Lipinski definition) is 3. The van der Waals surface area contributed by atoms with Crippen LogP contribution in [0, 0.1) is 0 Å². The van der Waals surface area contributed by atoms with Gasteiger partial charge in [-0.3, -0.25) is 0 Å². The molecule has 132 valence electrons. The maximum Gasteiger partial charge on any atom is 0.335 e. The molecule has 4 nitrogen and oxygen atoms in total. The maximum absolute atomic E-state index is 11.0. The van der Waals surface area contributed by atoms with Gasteiger partial charge < -0.3 is 14.7 Å². The third-order valence-electron chi connectivity index (χ3n) is 4.92. The normalized spacial score (nSPS) is 15.0. The van der Waals surface area contributed by atoms with Crippen molar-refractivity contribution in [3.8, 4) is 5.75 Å². The summed E-state index contributed by atoms with van der Waals surface area (Å²) in [7, 11) is 2.00. The van der Waals surface area contributed by atoms with Crippen LogP contribution in [0.1, 0.15) is 55.1 Å². The van der Waals surface area contributed by atoms with E-state index in [1.807, 2.05) is 19.2 Å². The molecule has 0 amide bonds. The van der Waals surface area contributed by atoms with Crippen LogP contribution in [0.2, 0.25) is 0 Å². The number of fused-ring (bicyclic) bond motifs is 1. The van der Waals surface area contributed by atoms with Crippen molar-refractivity contribution in [2.24, 2.45) is 0 Å². The molecule has 2 aromatic carbocycles. The monoisotopic (exact) mass is 339 g/mol. The predicted molar refractivity (Wildman–Crippen MR) is 101 cm³/mol. The van der Waals surface area contributed by atoms with Gasteiger partial charge in [0.05, 0.1) is 12.2 Å². The number of hydrogen-bond donors (Lipinski definition) is 1. The van der Waals surface area contributed by atoms with E-state index in [-0.39, 0.29) is 5.41 Å². The lowest BCUT2D eigenvalue weighted by atomic mass is 9.84. The molecule has 1 aliphatic rings. The van der Waals surface area contributed by atoms with Crippen LogP contribution in [-0.2, 0) is 5.41 Å². The zero-order chi connectivity index (χ0) is 18.4. The van der Waals surface area contributed by atoms with Crippen LogP contribution in [-0.4, -0.2) is 24.7 Å². The molecule has 0 unspecified atom stereocenters. The summed E-state index contributed by atoms with van der Waals surface area (Å²) in [4.78, 5) is 13.1. The molecule has 1 N–H and O–H groups in total. The van der Waals surface area contributed by atoms with Crippen molar-refractivity contribution >= 4 is 17.3 Å². The molecule has 2 aromatic rings. The first kappa shape index (κ1) is 17.3. The quantitative estimate of drug-likeness (QED) is 0.856. The van der Waals surface area contributed by atoms with Crippen molar-refractivity contribution < 1.29 is 14.6 Å². The SMILES string of the molecule is CC(C)c1cc(N(C)c2ccc(C(=O)O)cc2)cc2c1OCC2(C)C. The Labute approximate surface area is 149 Å². The van der Waals surface area contributed by atoms with Crippen LogP contribution < -0.4 is 9.64 Å². The van der Waals surface area contributed by atoms with Gasteiger partial charge in [-0.05, 0) is 47.9 Å². The highest BCUT2D eigenvalue weighted by Crippen LogP contribution is 2.46. The number of rotatable bonds is 4. The van der Waals surface area contributed by atoms with Crippen LogP contribution in [0.5, 0.6) is 5.75 Å². The van der Waals surface area contributed by atoms with Crippen LogP contribution in [0.25, 0.3) is 0 Å². The van der Waals surface area contributed by atoms with Gasteiger partial charge in [-0.25, -0.2) is 4.79 Å². The van der Waals surface area contributed by atoms with Gasteiger partial charge in [0.15, 0.2) is 0 Å². The fourth-order valence-electron chi connectivity index (χ4n) is 3.23. The first-order valence-corrected chi connectivity index (χ1v) is 8.59. The molecular formula is C21H25NO3. The largest absolute Gasteiger partial charge is 0.492 e. The van der Waals surface area contributed by atoms with E-state index < -0.39 is 5.97 Å². The van der Waals surface area contributed by atoms with Gasteiger partial charge >= 0.3 is 5.97 Å². The Morgan fingerprint density at radius 2 is 1.80 bits per heavy atom. The summed E-state index contributed by atoms with van der Waals surface area (Å²) < 4.78 is 6.00. The number of nitrogens with zero attached hydrogens (tertiary/aromatic N) is 1. The van der Waals surface area contributed by atoms with Crippen LogP contribution in [0.3, 0.4) is 0 Å². The molecule has 0 spiro atoms. The molecule has 0 saturated carbocycles. The van der Waals surface area contributed by atoms with Crippen molar-refractivity contribution in [3.05, 3.63) is 53.1 Å². The van der Waals surface area contributed by atoms with Gasteiger partial charge in [0.25, 0.3) is 0 Å². The smallest absolute Gasteiger partial charge is 0.335 e. The Kier molecular flexibility index (Phi) is 4.23. The zero-order valence-corrected chi connectivity index (χ0v) is 15.5. The van der Waals surface area contributed by atoms with Crippen molar-refractivity contribution in [1.82, 2.24) is 0 Å². The third kappa shape index (κ3) is 3.09. The molecule has 25 heavy (non-hydrogen) atoms. The number of aromatic carboxylic acids is 1. The van der Waals surface area contributed by atoms with Crippen molar-refractivity contribution in [2.45, 2.75) is 39.0 Å². The van der Waals surface area contributed by atoms with Gasteiger partial charge in [0, 0.05) is 29.4 Å². The van der Waals surface area contributed by atoms with Gasteiger partial charge in [-0.1, -0.05) is 27.7 Å². The van der Waals surface area contributed by atoms with E-state index in [4.69, 9.17) is 9.84 Å². The van der Waals surface area contributed by atoms with E-state index in [1.165, 1.54) is 11.1 Å². The number of ether oxygens (including phenoxy) is 1. The average molecular weight is 339 g/mol. The molecule has 0 fully saturated rings. The molecule has 0 radical (unpaired) electrons. The van der Waals surface area contributed by atoms with E-state index in [1.54, 1.807) is 12.1 Å². The molecule has 1 heterocycles. The Bertz CT molecular complexity index is 807. The molecule has 4 heteroatoms.